The quantitative estimate of drug-likeness (QED) is 0.767. The molecule has 0 radical (unpaired) electrons. The minimum atomic E-state index is -4.43. The summed E-state index contributed by atoms with van der Waals surface area (Å²) in [5, 5.41) is 0. The zero-order chi connectivity index (χ0) is 21.2. The maximum Gasteiger partial charge on any atom is 0.417 e. The number of nitrogens with one attached hydrogen (secondary N) is 1. The summed E-state index contributed by atoms with van der Waals surface area (Å²) >= 11 is 0. The van der Waals surface area contributed by atoms with E-state index in [1.807, 2.05) is 13.0 Å². The number of aromatic nitrogens is 1. The van der Waals surface area contributed by atoms with Crippen LogP contribution in [0, 0.1) is 13.8 Å². The van der Waals surface area contributed by atoms with Crippen LogP contribution in [0.1, 0.15) is 42.4 Å². The van der Waals surface area contributed by atoms with Gasteiger partial charge < -0.3 is 4.74 Å². The van der Waals surface area contributed by atoms with E-state index in [1.54, 1.807) is 19.1 Å². The Morgan fingerprint density at radius 3 is 2.31 bits per heavy atom. The third-order valence-electron chi connectivity index (χ3n) is 4.97. The SMILES string of the molecule is Cc1ccc(S(=O)(=O)NC2CCC(Oc3ccc(C(F)(F)F)cn3)CC2)c(C)c1. The van der Waals surface area contributed by atoms with Crippen molar-refractivity contribution in [2.24, 2.45) is 0 Å². The lowest BCUT2D eigenvalue weighted by Crippen LogP contribution is -2.39. The highest BCUT2D eigenvalue weighted by Crippen LogP contribution is 2.30. The highest BCUT2D eigenvalue weighted by molar-refractivity contribution is 7.89. The smallest absolute Gasteiger partial charge is 0.417 e. The number of rotatable bonds is 5. The van der Waals surface area contributed by atoms with Crippen molar-refractivity contribution in [2.75, 3.05) is 0 Å². The number of nitrogens with zero attached hydrogens (tertiary/aromatic N) is 1. The van der Waals surface area contributed by atoms with Gasteiger partial charge in [0.15, 0.2) is 0 Å². The van der Waals surface area contributed by atoms with Crippen molar-refractivity contribution in [1.29, 1.82) is 0 Å². The lowest BCUT2D eigenvalue weighted by molar-refractivity contribution is -0.137. The normalized spacial score (nSPS) is 20.4. The maximum absolute atomic E-state index is 12.7. The predicted molar refractivity (Wildman–Crippen MR) is 102 cm³/mol. The van der Waals surface area contributed by atoms with Crippen molar-refractivity contribution >= 4 is 10.0 Å². The Morgan fingerprint density at radius 2 is 1.76 bits per heavy atom. The van der Waals surface area contributed by atoms with Crippen LogP contribution in [0.15, 0.2) is 41.4 Å². The fraction of sp³-hybridized carbons (Fsp3) is 0.450. The number of hydrogen-bond donors (Lipinski definition) is 1. The van der Waals surface area contributed by atoms with Gasteiger partial charge in [-0.2, -0.15) is 13.2 Å². The van der Waals surface area contributed by atoms with Gasteiger partial charge in [-0.25, -0.2) is 18.1 Å². The summed E-state index contributed by atoms with van der Waals surface area (Å²) in [5.41, 5.74) is 0.869. The van der Waals surface area contributed by atoms with Gasteiger partial charge >= 0.3 is 6.18 Å². The molecule has 0 aliphatic heterocycles. The molecule has 1 fully saturated rings. The highest BCUT2D eigenvalue weighted by Gasteiger charge is 2.31. The third-order valence-corrected chi connectivity index (χ3v) is 6.65. The minimum absolute atomic E-state index is 0.136. The Hall–Kier alpha value is -2.13. The van der Waals surface area contributed by atoms with E-state index in [0.29, 0.717) is 31.2 Å². The molecule has 5 nitrogen and oxygen atoms in total. The number of halogens is 3. The molecule has 0 amide bonds. The van der Waals surface area contributed by atoms with Crippen molar-refractivity contribution in [3.63, 3.8) is 0 Å². The van der Waals surface area contributed by atoms with Crippen molar-refractivity contribution in [2.45, 2.75) is 62.7 Å². The average molecular weight is 428 g/mol. The molecule has 3 rings (SSSR count). The standard InChI is InChI=1S/C20H23F3N2O3S/c1-13-3-9-18(14(2)11-13)29(26,27)25-16-5-7-17(8-6-16)28-19-10-4-15(12-24-19)20(21,22)23/h3-4,9-12,16-17,25H,5-8H2,1-2H3. The predicted octanol–water partition coefficient (Wildman–Crippen LogP) is 4.39. The monoisotopic (exact) mass is 428 g/mol. The zero-order valence-electron chi connectivity index (χ0n) is 16.2. The van der Waals surface area contributed by atoms with E-state index < -0.39 is 21.8 Å². The second-order valence-corrected chi connectivity index (χ2v) is 9.05. The Kier molecular flexibility index (Phi) is 6.19. The summed E-state index contributed by atoms with van der Waals surface area (Å²) in [4.78, 5) is 3.99. The summed E-state index contributed by atoms with van der Waals surface area (Å²) < 4.78 is 71.5. The second-order valence-electron chi connectivity index (χ2n) is 7.36. The van der Waals surface area contributed by atoms with Crippen LogP contribution in [0.25, 0.3) is 0 Å². The number of sulfonamides is 1. The van der Waals surface area contributed by atoms with Gasteiger partial charge in [0.2, 0.25) is 15.9 Å². The lowest BCUT2D eigenvalue weighted by atomic mass is 9.94. The summed E-state index contributed by atoms with van der Waals surface area (Å²) in [6, 6.07) is 7.14. The van der Waals surface area contributed by atoms with Crippen LogP contribution in [-0.4, -0.2) is 25.5 Å². The number of pyridine rings is 1. The van der Waals surface area contributed by atoms with Crippen molar-refractivity contribution in [3.8, 4) is 5.88 Å². The molecule has 1 aliphatic rings. The molecular formula is C20H23F3N2O3S. The number of benzene rings is 1. The van der Waals surface area contributed by atoms with Gasteiger partial charge in [-0.05, 0) is 57.2 Å². The van der Waals surface area contributed by atoms with Gasteiger partial charge in [0.05, 0.1) is 10.5 Å². The fourth-order valence-electron chi connectivity index (χ4n) is 3.47. The molecule has 1 saturated carbocycles. The van der Waals surface area contributed by atoms with E-state index in [2.05, 4.69) is 9.71 Å². The van der Waals surface area contributed by atoms with Gasteiger partial charge in [0, 0.05) is 18.3 Å². The van der Waals surface area contributed by atoms with Gasteiger partial charge in [0.1, 0.15) is 6.10 Å². The topological polar surface area (TPSA) is 68.3 Å². The van der Waals surface area contributed by atoms with Crippen LogP contribution < -0.4 is 9.46 Å². The molecule has 0 unspecified atom stereocenters. The van der Waals surface area contributed by atoms with Crippen molar-refractivity contribution in [1.82, 2.24) is 9.71 Å². The Bertz CT molecular complexity index is 952. The summed E-state index contributed by atoms with van der Waals surface area (Å²) in [6.07, 6.45) is -1.56. The van der Waals surface area contributed by atoms with E-state index in [4.69, 9.17) is 4.74 Å². The molecule has 1 N–H and O–H groups in total. The molecule has 2 aromatic rings. The first-order chi connectivity index (χ1) is 13.5. The maximum atomic E-state index is 12.7. The zero-order valence-corrected chi connectivity index (χ0v) is 17.0. The van der Waals surface area contributed by atoms with Gasteiger partial charge in [-0.15, -0.1) is 0 Å². The van der Waals surface area contributed by atoms with E-state index in [-0.39, 0.29) is 22.9 Å². The Labute approximate surface area is 168 Å². The summed E-state index contributed by atoms with van der Waals surface area (Å²) in [7, 11) is -3.61. The first-order valence-corrected chi connectivity index (χ1v) is 10.8. The Morgan fingerprint density at radius 1 is 1.07 bits per heavy atom. The molecule has 29 heavy (non-hydrogen) atoms. The van der Waals surface area contributed by atoms with Gasteiger partial charge in [0.25, 0.3) is 0 Å². The van der Waals surface area contributed by atoms with Crippen LogP contribution in [0.2, 0.25) is 0 Å². The second kappa shape index (κ2) is 8.31. The number of aryl methyl sites for hydroxylation is 2. The van der Waals surface area contributed by atoms with Crippen LogP contribution in [0.4, 0.5) is 13.2 Å². The first kappa shape index (κ1) is 21.6. The summed E-state index contributed by atoms with van der Waals surface area (Å²) in [6.45, 7) is 3.67. The van der Waals surface area contributed by atoms with Crippen LogP contribution in [0.5, 0.6) is 5.88 Å². The Balaban J connectivity index is 1.55. The van der Waals surface area contributed by atoms with Gasteiger partial charge in [-0.3, -0.25) is 0 Å². The number of ether oxygens (including phenoxy) is 1. The molecule has 0 atom stereocenters. The molecule has 1 aromatic heterocycles. The van der Waals surface area contributed by atoms with Crippen LogP contribution in [-0.2, 0) is 16.2 Å². The summed E-state index contributed by atoms with van der Waals surface area (Å²) in [5.74, 6) is 0.136. The van der Waals surface area contributed by atoms with Crippen molar-refractivity contribution < 1.29 is 26.3 Å². The van der Waals surface area contributed by atoms with Crippen LogP contribution >= 0.6 is 0 Å². The van der Waals surface area contributed by atoms with Crippen LogP contribution in [0.3, 0.4) is 0 Å². The van der Waals surface area contributed by atoms with E-state index in [1.165, 1.54) is 6.07 Å². The van der Waals surface area contributed by atoms with E-state index in [9.17, 15) is 21.6 Å². The molecule has 1 aliphatic carbocycles. The number of alkyl halides is 3. The molecule has 9 heteroatoms. The fourth-order valence-corrected chi connectivity index (χ4v) is 5.00. The lowest BCUT2D eigenvalue weighted by Gasteiger charge is -2.29. The largest absolute Gasteiger partial charge is 0.474 e. The molecule has 1 heterocycles. The molecule has 158 valence electrons. The highest BCUT2D eigenvalue weighted by atomic mass is 32.2. The van der Waals surface area contributed by atoms with E-state index in [0.717, 1.165) is 17.8 Å². The third kappa shape index (κ3) is 5.48. The number of hydrogen-bond acceptors (Lipinski definition) is 4. The molecule has 1 aromatic carbocycles. The van der Waals surface area contributed by atoms with Crippen molar-refractivity contribution in [3.05, 3.63) is 53.2 Å². The minimum Gasteiger partial charge on any atom is -0.474 e. The molecular weight excluding hydrogens is 405 g/mol. The van der Waals surface area contributed by atoms with E-state index >= 15 is 0 Å². The molecule has 0 spiro atoms. The first-order valence-electron chi connectivity index (χ1n) is 9.34. The molecule has 0 saturated heterocycles. The van der Waals surface area contributed by atoms with Gasteiger partial charge in [-0.1, -0.05) is 17.7 Å². The average Bonchev–Trinajstić information content (AvgIpc) is 2.62. The molecule has 0 bridgehead atoms.